The predicted molar refractivity (Wildman–Crippen MR) is 72.7 cm³/mol. The van der Waals surface area contributed by atoms with E-state index in [2.05, 4.69) is 19.9 Å². The normalized spacial score (nSPS) is 11.4. The van der Waals surface area contributed by atoms with Gasteiger partial charge in [0, 0.05) is 5.56 Å². The van der Waals surface area contributed by atoms with Gasteiger partial charge in [0.1, 0.15) is 17.1 Å². The highest BCUT2D eigenvalue weighted by Gasteiger charge is 2.19. The lowest BCUT2D eigenvalue weighted by Gasteiger charge is -2.09. The summed E-state index contributed by atoms with van der Waals surface area (Å²) in [6.45, 7) is 0.00794. The van der Waals surface area contributed by atoms with Crippen LogP contribution in [-0.2, 0) is 16.6 Å². The van der Waals surface area contributed by atoms with E-state index in [-0.39, 0.29) is 16.4 Å². The number of aromatic nitrogens is 3. The van der Waals surface area contributed by atoms with Crippen molar-refractivity contribution in [2.45, 2.75) is 11.4 Å². The molecule has 0 saturated heterocycles. The molecule has 0 bridgehead atoms. The third kappa shape index (κ3) is 3.13. The molecule has 1 aromatic carbocycles. The van der Waals surface area contributed by atoms with Crippen LogP contribution in [0.5, 0.6) is 0 Å². The fourth-order valence-electron chi connectivity index (χ4n) is 1.46. The molecular weight excluding hydrogens is 286 g/mol. The molecular formula is C10H11N5O2S2. The Hall–Kier alpha value is -1.84. The molecule has 19 heavy (non-hydrogen) atoms. The number of hydrogen-bond donors (Lipinski definition) is 3. The Bertz CT molecular complexity index is 682. The minimum absolute atomic E-state index is 0.00794. The van der Waals surface area contributed by atoms with E-state index in [1.54, 1.807) is 18.2 Å². The van der Waals surface area contributed by atoms with Gasteiger partial charge in [-0.2, -0.15) is 5.10 Å². The minimum atomic E-state index is -3.72. The van der Waals surface area contributed by atoms with E-state index in [1.807, 2.05) is 0 Å². The third-order valence-corrected chi connectivity index (χ3v) is 4.02. The van der Waals surface area contributed by atoms with E-state index in [1.165, 1.54) is 12.4 Å². The number of rotatable bonds is 5. The first kappa shape index (κ1) is 13.6. The lowest BCUT2D eigenvalue weighted by atomic mass is 10.2. The molecule has 2 aromatic rings. The van der Waals surface area contributed by atoms with Crippen LogP contribution in [0.3, 0.4) is 0 Å². The zero-order chi connectivity index (χ0) is 13.9. The number of thiocarbonyl (C=S) groups is 1. The van der Waals surface area contributed by atoms with Crippen LogP contribution in [-0.4, -0.2) is 28.6 Å². The molecule has 0 amide bonds. The highest BCUT2D eigenvalue weighted by atomic mass is 32.2. The number of sulfonamides is 1. The standard InChI is InChI=1S/C10H11N5O2S2/c11-10(18)7-3-1-2-4-8(7)19(16,17)14-5-9-12-6-13-15-9/h1-4,6,14H,5H2,(H2,11,18)(H,12,13,15). The van der Waals surface area contributed by atoms with Crippen molar-refractivity contribution in [2.24, 2.45) is 5.73 Å². The van der Waals surface area contributed by atoms with E-state index >= 15 is 0 Å². The molecule has 0 spiro atoms. The largest absolute Gasteiger partial charge is 0.389 e. The third-order valence-electron chi connectivity index (χ3n) is 2.34. The van der Waals surface area contributed by atoms with Crippen LogP contribution in [0.1, 0.15) is 11.4 Å². The van der Waals surface area contributed by atoms with Crippen molar-refractivity contribution in [3.63, 3.8) is 0 Å². The zero-order valence-corrected chi connectivity index (χ0v) is 11.3. The molecule has 0 aliphatic carbocycles. The van der Waals surface area contributed by atoms with E-state index in [4.69, 9.17) is 18.0 Å². The second-order valence-corrected chi connectivity index (χ2v) is 5.79. The number of hydrogen-bond acceptors (Lipinski definition) is 5. The number of nitrogens with one attached hydrogen (secondary N) is 2. The van der Waals surface area contributed by atoms with Gasteiger partial charge < -0.3 is 5.73 Å². The fourth-order valence-corrected chi connectivity index (χ4v) is 2.91. The maximum absolute atomic E-state index is 12.2. The van der Waals surface area contributed by atoms with Gasteiger partial charge in [-0.05, 0) is 6.07 Å². The summed E-state index contributed by atoms with van der Waals surface area (Å²) in [6, 6.07) is 6.28. The highest BCUT2D eigenvalue weighted by molar-refractivity contribution is 7.89. The summed E-state index contributed by atoms with van der Waals surface area (Å²) in [6.07, 6.45) is 1.30. The van der Waals surface area contributed by atoms with Gasteiger partial charge in [-0.3, -0.25) is 5.10 Å². The van der Waals surface area contributed by atoms with Crippen molar-refractivity contribution in [1.82, 2.24) is 19.9 Å². The molecule has 2 rings (SSSR count). The summed E-state index contributed by atoms with van der Waals surface area (Å²) in [5, 5.41) is 6.19. The van der Waals surface area contributed by atoms with Crippen LogP contribution in [0.4, 0.5) is 0 Å². The van der Waals surface area contributed by atoms with Crippen molar-refractivity contribution in [2.75, 3.05) is 0 Å². The van der Waals surface area contributed by atoms with Gasteiger partial charge in [0.05, 0.1) is 11.4 Å². The van der Waals surface area contributed by atoms with Crippen molar-refractivity contribution >= 4 is 27.2 Å². The lowest BCUT2D eigenvalue weighted by molar-refractivity contribution is 0.579. The SMILES string of the molecule is NC(=S)c1ccccc1S(=O)(=O)NCc1ncn[nH]1. The Morgan fingerprint density at radius 3 is 2.79 bits per heavy atom. The first-order valence-electron chi connectivity index (χ1n) is 5.23. The highest BCUT2D eigenvalue weighted by Crippen LogP contribution is 2.15. The molecule has 0 aliphatic rings. The molecule has 0 unspecified atom stereocenters. The van der Waals surface area contributed by atoms with Gasteiger partial charge in [0.2, 0.25) is 10.0 Å². The van der Waals surface area contributed by atoms with Gasteiger partial charge >= 0.3 is 0 Å². The van der Waals surface area contributed by atoms with Crippen molar-refractivity contribution in [3.05, 3.63) is 42.0 Å². The number of nitrogens with zero attached hydrogens (tertiary/aromatic N) is 2. The average Bonchev–Trinajstić information content (AvgIpc) is 2.89. The van der Waals surface area contributed by atoms with Crippen LogP contribution >= 0.6 is 12.2 Å². The second kappa shape index (κ2) is 5.43. The summed E-state index contributed by atoms with van der Waals surface area (Å²) in [7, 11) is -3.72. The van der Waals surface area contributed by atoms with Gasteiger partial charge in [0.15, 0.2) is 0 Å². The molecule has 4 N–H and O–H groups in total. The molecule has 0 radical (unpaired) electrons. The number of benzene rings is 1. The molecule has 0 saturated carbocycles. The molecule has 9 heteroatoms. The molecule has 0 aliphatic heterocycles. The quantitative estimate of drug-likeness (QED) is 0.665. The summed E-state index contributed by atoms with van der Waals surface area (Å²) in [5.74, 6) is 0.413. The number of nitrogens with two attached hydrogens (primary N) is 1. The average molecular weight is 297 g/mol. The van der Waals surface area contributed by atoms with E-state index in [9.17, 15) is 8.42 Å². The zero-order valence-electron chi connectivity index (χ0n) is 9.70. The second-order valence-electron chi connectivity index (χ2n) is 3.62. The maximum atomic E-state index is 12.2. The Morgan fingerprint density at radius 1 is 1.42 bits per heavy atom. The summed E-state index contributed by atoms with van der Waals surface area (Å²) in [5.41, 5.74) is 5.82. The van der Waals surface area contributed by atoms with Crippen LogP contribution in [0, 0.1) is 0 Å². The molecule has 100 valence electrons. The van der Waals surface area contributed by atoms with Crippen LogP contribution in [0.15, 0.2) is 35.5 Å². The van der Waals surface area contributed by atoms with Crippen LogP contribution < -0.4 is 10.5 Å². The minimum Gasteiger partial charge on any atom is -0.389 e. The van der Waals surface area contributed by atoms with E-state index < -0.39 is 10.0 Å². The van der Waals surface area contributed by atoms with Crippen LogP contribution in [0.2, 0.25) is 0 Å². The van der Waals surface area contributed by atoms with E-state index in [0.29, 0.717) is 11.4 Å². The Kier molecular flexibility index (Phi) is 3.88. The smallest absolute Gasteiger partial charge is 0.241 e. The molecule has 7 nitrogen and oxygen atoms in total. The molecule has 1 heterocycles. The molecule has 1 aromatic heterocycles. The summed E-state index contributed by atoms with van der Waals surface area (Å²) in [4.78, 5) is 3.90. The first-order chi connectivity index (χ1) is 9.00. The summed E-state index contributed by atoms with van der Waals surface area (Å²) < 4.78 is 26.7. The van der Waals surface area contributed by atoms with Gasteiger partial charge in [-0.25, -0.2) is 18.1 Å². The van der Waals surface area contributed by atoms with Gasteiger partial charge in [0.25, 0.3) is 0 Å². The Labute approximate surface area is 115 Å². The topological polar surface area (TPSA) is 114 Å². The van der Waals surface area contributed by atoms with E-state index in [0.717, 1.165) is 0 Å². The lowest BCUT2D eigenvalue weighted by Crippen LogP contribution is -2.26. The monoisotopic (exact) mass is 297 g/mol. The first-order valence-corrected chi connectivity index (χ1v) is 7.12. The summed E-state index contributed by atoms with van der Waals surface area (Å²) >= 11 is 4.84. The van der Waals surface area contributed by atoms with Gasteiger partial charge in [-0.1, -0.05) is 30.4 Å². The van der Waals surface area contributed by atoms with Crippen molar-refractivity contribution < 1.29 is 8.42 Å². The van der Waals surface area contributed by atoms with Gasteiger partial charge in [-0.15, -0.1) is 0 Å². The molecule has 0 atom stereocenters. The predicted octanol–water partition coefficient (Wildman–Crippen LogP) is -0.0826. The van der Waals surface area contributed by atoms with Crippen LogP contribution in [0.25, 0.3) is 0 Å². The van der Waals surface area contributed by atoms with Crippen molar-refractivity contribution in [3.8, 4) is 0 Å². The fraction of sp³-hybridized carbons (Fsp3) is 0.100. The maximum Gasteiger partial charge on any atom is 0.241 e. The number of H-pyrrole nitrogens is 1. The Morgan fingerprint density at radius 2 is 2.16 bits per heavy atom. The molecule has 0 fully saturated rings. The Balaban J connectivity index is 2.27. The number of aromatic amines is 1. The van der Waals surface area contributed by atoms with Crippen molar-refractivity contribution in [1.29, 1.82) is 0 Å².